The molecule has 0 atom stereocenters. The summed E-state index contributed by atoms with van der Waals surface area (Å²) in [7, 11) is 7.98. The third-order valence-corrected chi connectivity index (χ3v) is 3.58. The number of nitrogens with zero attached hydrogens (tertiary/aromatic N) is 6. The van der Waals surface area contributed by atoms with E-state index in [2.05, 4.69) is 31.8 Å². The monoisotopic (exact) mass is 265 g/mol. The molecule has 2 rings (SSSR count). The molecular formula is C12H23N7. The second-order valence-electron chi connectivity index (χ2n) is 5.33. The van der Waals surface area contributed by atoms with Gasteiger partial charge >= 0.3 is 0 Å². The molecule has 19 heavy (non-hydrogen) atoms. The van der Waals surface area contributed by atoms with Gasteiger partial charge in [0.25, 0.3) is 0 Å². The van der Waals surface area contributed by atoms with Crippen LogP contribution in [0.2, 0.25) is 0 Å². The Bertz CT molecular complexity index is 426. The number of hydrogen-bond donors (Lipinski definition) is 1. The molecule has 1 aromatic rings. The van der Waals surface area contributed by atoms with E-state index in [0.717, 1.165) is 25.9 Å². The van der Waals surface area contributed by atoms with Crippen LogP contribution in [0.5, 0.6) is 0 Å². The van der Waals surface area contributed by atoms with Gasteiger partial charge in [-0.05, 0) is 33.0 Å². The zero-order valence-corrected chi connectivity index (χ0v) is 12.2. The number of aromatic nitrogens is 3. The molecule has 0 bridgehead atoms. The van der Waals surface area contributed by atoms with Crippen molar-refractivity contribution in [3.8, 4) is 0 Å². The van der Waals surface area contributed by atoms with Gasteiger partial charge < -0.3 is 20.4 Å². The van der Waals surface area contributed by atoms with Crippen molar-refractivity contribution >= 4 is 17.8 Å². The van der Waals surface area contributed by atoms with Gasteiger partial charge in [0.1, 0.15) is 0 Å². The molecule has 1 fully saturated rings. The highest BCUT2D eigenvalue weighted by atomic mass is 15.3. The van der Waals surface area contributed by atoms with Gasteiger partial charge in [0.05, 0.1) is 0 Å². The Morgan fingerprint density at radius 1 is 1.05 bits per heavy atom. The molecular weight excluding hydrogens is 242 g/mol. The number of likely N-dealkylation sites (tertiary alicyclic amines) is 1. The van der Waals surface area contributed by atoms with Gasteiger partial charge in [-0.15, -0.1) is 0 Å². The maximum Gasteiger partial charge on any atom is 0.231 e. The molecule has 1 aliphatic heterocycles. The van der Waals surface area contributed by atoms with Crippen molar-refractivity contribution in [1.29, 1.82) is 0 Å². The lowest BCUT2D eigenvalue weighted by Crippen LogP contribution is -2.42. The molecule has 1 saturated heterocycles. The fraction of sp³-hybridized carbons (Fsp3) is 0.750. The highest BCUT2D eigenvalue weighted by Gasteiger charge is 2.23. The molecule has 0 unspecified atom stereocenters. The van der Waals surface area contributed by atoms with Crippen molar-refractivity contribution in [2.75, 3.05) is 56.8 Å². The number of piperidine rings is 1. The van der Waals surface area contributed by atoms with Gasteiger partial charge in [-0.2, -0.15) is 15.0 Å². The molecule has 2 heterocycles. The number of rotatable bonds is 3. The Morgan fingerprint density at radius 2 is 1.63 bits per heavy atom. The summed E-state index contributed by atoms with van der Waals surface area (Å²) in [5.41, 5.74) is 5.76. The fourth-order valence-electron chi connectivity index (χ4n) is 2.27. The SMILES string of the molecule is CN1CCC(N(C)c2nc(N)nc(N(C)C)n2)CC1. The number of hydrogen-bond acceptors (Lipinski definition) is 7. The normalized spacial score (nSPS) is 17.5. The quantitative estimate of drug-likeness (QED) is 0.827. The smallest absolute Gasteiger partial charge is 0.231 e. The van der Waals surface area contributed by atoms with E-state index in [4.69, 9.17) is 5.73 Å². The van der Waals surface area contributed by atoms with Gasteiger partial charge in [0.15, 0.2) is 0 Å². The molecule has 2 N–H and O–H groups in total. The summed E-state index contributed by atoms with van der Waals surface area (Å²) in [6.45, 7) is 2.21. The molecule has 7 heteroatoms. The van der Waals surface area contributed by atoms with Crippen molar-refractivity contribution in [2.45, 2.75) is 18.9 Å². The van der Waals surface area contributed by atoms with Gasteiger partial charge in [0, 0.05) is 27.2 Å². The molecule has 0 aromatic carbocycles. The lowest BCUT2D eigenvalue weighted by atomic mass is 10.0. The predicted molar refractivity (Wildman–Crippen MR) is 77.5 cm³/mol. The molecule has 1 aliphatic rings. The number of nitrogen functional groups attached to an aromatic ring is 1. The van der Waals surface area contributed by atoms with Crippen molar-refractivity contribution in [3.63, 3.8) is 0 Å². The topological polar surface area (TPSA) is 74.4 Å². The van der Waals surface area contributed by atoms with Gasteiger partial charge in [-0.25, -0.2) is 0 Å². The van der Waals surface area contributed by atoms with Crippen LogP contribution in [0.15, 0.2) is 0 Å². The van der Waals surface area contributed by atoms with Crippen LogP contribution in [0.1, 0.15) is 12.8 Å². The Hall–Kier alpha value is -1.63. The minimum absolute atomic E-state index is 0.272. The van der Waals surface area contributed by atoms with Crippen LogP contribution in [0.3, 0.4) is 0 Å². The van der Waals surface area contributed by atoms with Gasteiger partial charge in [-0.1, -0.05) is 0 Å². The van der Waals surface area contributed by atoms with Crippen LogP contribution < -0.4 is 15.5 Å². The summed E-state index contributed by atoms with van der Waals surface area (Å²) in [4.78, 5) is 19.1. The fourth-order valence-corrected chi connectivity index (χ4v) is 2.27. The first-order valence-corrected chi connectivity index (χ1v) is 6.57. The van der Waals surface area contributed by atoms with E-state index in [9.17, 15) is 0 Å². The second-order valence-corrected chi connectivity index (χ2v) is 5.33. The predicted octanol–water partition coefficient (Wildman–Crippen LogP) is 0.0502. The van der Waals surface area contributed by atoms with Crippen LogP contribution >= 0.6 is 0 Å². The summed E-state index contributed by atoms with van der Waals surface area (Å²) in [6.07, 6.45) is 2.24. The molecule has 7 nitrogen and oxygen atoms in total. The highest BCUT2D eigenvalue weighted by Crippen LogP contribution is 2.20. The first-order valence-electron chi connectivity index (χ1n) is 6.57. The lowest BCUT2D eigenvalue weighted by Gasteiger charge is -2.35. The van der Waals surface area contributed by atoms with Crippen molar-refractivity contribution in [1.82, 2.24) is 19.9 Å². The highest BCUT2D eigenvalue weighted by molar-refractivity contribution is 5.42. The maximum absolute atomic E-state index is 5.76. The average molecular weight is 265 g/mol. The number of anilines is 3. The Balaban J connectivity index is 2.16. The van der Waals surface area contributed by atoms with Crippen molar-refractivity contribution in [3.05, 3.63) is 0 Å². The third kappa shape index (κ3) is 3.23. The van der Waals surface area contributed by atoms with E-state index in [1.54, 1.807) is 0 Å². The summed E-state index contributed by atoms with van der Waals surface area (Å²) in [6, 6.07) is 0.466. The summed E-state index contributed by atoms with van der Waals surface area (Å²) in [5, 5.41) is 0. The lowest BCUT2D eigenvalue weighted by molar-refractivity contribution is 0.252. The van der Waals surface area contributed by atoms with E-state index in [0.29, 0.717) is 17.9 Å². The Kier molecular flexibility index (Phi) is 4.04. The second kappa shape index (κ2) is 5.56. The van der Waals surface area contributed by atoms with E-state index in [1.807, 2.05) is 26.0 Å². The molecule has 0 saturated carbocycles. The van der Waals surface area contributed by atoms with Gasteiger partial charge in [0.2, 0.25) is 17.8 Å². The van der Waals surface area contributed by atoms with E-state index in [1.165, 1.54) is 0 Å². The average Bonchev–Trinajstić information content (AvgIpc) is 2.38. The largest absolute Gasteiger partial charge is 0.368 e. The van der Waals surface area contributed by atoms with Crippen LogP contribution in [0.25, 0.3) is 0 Å². The zero-order valence-electron chi connectivity index (χ0n) is 12.2. The first kappa shape index (κ1) is 13.8. The zero-order chi connectivity index (χ0) is 14.0. The maximum atomic E-state index is 5.76. The van der Waals surface area contributed by atoms with Gasteiger partial charge in [-0.3, -0.25) is 0 Å². The molecule has 0 amide bonds. The van der Waals surface area contributed by atoms with Crippen molar-refractivity contribution in [2.24, 2.45) is 0 Å². The summed E-state index contributed by atoms with van der Waals surface area (Å²) < 4.78 is 0. The number of nitrogens with two attached hydrogens (primary N) is 1. The van der Waals surface area contributed by atoms with E-state index < -0.39 is 0 Å². The molecule has 1 aromatic heterocycles. The minimum atomic E-state index is 0.272. The standard InChI is InChI=1S/C12H23N7/c1-17(2)11-14-10(13)15-12(16-11)19(4)9-5-7-18(3)8-6-9/h9H,5-8H2,1-4H3,(H2,13,14,15,16). The van der Waals surface area contributed by atoms with Crippen LogP contribution in [0.4, 0.5) is 17.8 Å². The molecule has 0 spiro atoms. The molecule has 0 aliphatic carbocycles. The molecule has 0 radical (unpaired) electrons. The van der Waals surface area contributed by atoms with Crippen LogP contribution in [-0.4, -0.2) is 67.2 Å². The molecule has 106 valence electrons. The summed E-state index contributed by atoms with van der Waals surface area (Å²) >= 11 is 0. The van der Waals surface area contributed by atoms with E-state index >= 15 is 0 Å². The Morgan fingerprint density at radius 3 is 2.21 bits per heavy atom. The first-order chi connectivity index (χ1) is 8.97. The van der Waals surface area contributed by atoms with Crippen LogP contribution in [0, 0.1) is 0 Å². The minimum Gasteiger partial charge on any atom is -0.368 e. The van der Waals surface area contributed by atoms with Crippen molar-refractivity contribution < 1.29 is 0 Å². The van der Waals surface area contributed by atoms with E-state index in [-0.39, 0.29) is 5.95 Å². The summed E-state index contributed by atoms with van der Waals surface area (Å²) in [5.74, 6) is 1.53. The van der Waals surface area contributed by atoms with Crippen LogP contribution in [-0.2, 0) is 0 Å². The third-order valence-electron chi connectivity index (χ3n) is 3.58. The Labute approximate surface area is 114 Å².